The number of nitrogens with one attached hydrogen (secondary N) is 1. The van der Waals surface area contributed by atoms with Gasteiger partial charge in [0.25, 0.3) is 5.91 Å². The summed E-state index contributed by atoms with van der Waals surface area (Å²) in [5.74, 6) is -5.12. The van der Waals surface area contributed by atoms with Crippen LogP contribution in [0.4, 0.5) is 27.6 Å². The second kappa shape index (κ2) is 11.1. The van der Waals surface area contributed by atoms with Crippen molar-refractivity contribution in [1.29, 1.82) is 0 Å². The normalized spacial score (nSPS) is 16.9. The summed E-state index contributed by atoms with van der Waals surface area (Å²) in [6, 6.07) is 6.42. The number of rotatable bonds is 7. The van der Waals surface area contributed by atoms with Crippen LogP contribution in [0.3, 0.4) is 0 Å². The molecular formula is C27H21F5N6O4. The molecule has 3 N–H and O–H groups in total. The Morgan fingerprint density at radius 1 is 1.10 bits per heavy atom. The van der Waals surface area contributed by atoms with Gasteiger partial charge in [-0.2, -0.15) is 0 Å². The Balaban J connectivity index is 1.38. The van der Waals surface area contributed by atoms with Gasteiger partial charge in [-0.1, -0.05) is 12.1 Å². The SMILES string of the molecule is NC(=O)c1cn(CC(=O)N2C[C@H](F)C[C@H]2C(=O)Nc2cccc(OC(F)(F)F)c2F)c2ccc(-c3cncnc3)cc12. The van der Waals surface area contributed by atoms with Crippen LogP contribution in [-0.4, -0.2) is 62.3 Å². The van der Waals surface area contributed by atoms with E-state index in [2.05, 4.69) is 20.0 Å². The molecule has 0 spiro atoms. The third-order valence-electron chi connectivity index (χ3n) is 6.67. The van der Waals surface area contributed by atoms with Crippen molar-refractivity contribution in [1.82, 2.24) is 19.4 Å². The molecule has 3 amide bonds. The molecule has 15 heteroatoms. The minimum Gasteiger partial charge on any atom is -0.403 e. The van der Waals surface area contributed by atoms with Gasteiger partial charge in [-0.05, 0) is 29.8 Å². The predicted molar refractivity (Wildman–Crippen MR) is 138 cm³/mol. The Morgan fingerprint density at radius 3 is 2.52 bits per heavy atom. The third-order valence-corrected chi connectivity index (χ3v) is 6.67. The van der Waals surface area contributed by atoms with E-state index in [1.807, 2.05) is 0 Å². The quantitative estimate of drug-likeness (QED) is 0.316. The van der Waals surface area contributed by atoms with E-state index < -0.39 is 73.1 Å². The van der Waals surface area contributed by atoms with Crippen LogP contribution in [0.25, 0.3) is 22.0 Å². The third kappa shape index (κ3) is 5.84. The molecule has 5 rings (SSSR count). The van der Waals surface area contributed by atoms with Crippen LogP contribution in [0.2, 0.25) is 0 Å². The highest BCUT2D eigenvalue weighted by Gasteiger charge is 2.40. The molecule has 0 bridgehead atoms. The zero-order valence-electron chi connectivity index (χ0n) is 21.4. The maximum absolute atomic E-state index is 14.6. The number of nitrogens with two attached hydrogens (primary N) is 1. The Morgan fingerprint density at radius 2 is 1.83 bits per heavy atom. The number of alkyl halides is 4. The predicted octanol–water partition coefficient (Wildman–Crippen LogP) is 3.81. The van der Waals surface area contributed by atoms with Crippen LogP contribution >= 0.6 is 0 Å². The highest BCUT2D eigenvalue weighted by atomic mass is 19.4. The average Bonchev–Trinajstić information content (AvgIpc) is 3.51. The number of benzene rings is 2. The lowest BCUT2D eigenvalue weighted by Crippen LogP contribution is -2.44. The van der Waals surface area contributed by atoms with Crippen molar-refractivity contribution in [3.05, 3.63) is 72.7 Å². The zero-order chi connectivity index (χ0) is 30.2. The molecule has 4 aromatic rings. The number of aromatic nitrogens is 3. The lowest BCUT2D eigenvalue weighted by atomic mass is 10.0. The number of carbonyl (C=O) groups is 3. The number of ether oxygens (including phenoxy) is 1. The molecule has 0 radical (unpaired) electrons. The standard InChI is InChI=1S/C27H21F5N6O4/c28-16-7-21(26(41)36-19-2-1-3-22(24(19)29)42-27(30,31)32)38(10-16)23(39)12-37-11-18(25(33)40)17-6-14(4-5-20(17)37)15-8-34-13-35-9-15/h1-6,8-9,11,13,16,21H,7,10,12H2,(H2,33,40)(H,36,41)/t16-,21+/m1/s1. The molecule has 1 fully saturated rings. The first-order valence-electron chi connectivity index (χ1n) is 12.4. The van der Waals surface area contributed by atoms with Gasteiger partial charge in [0.1, 0.15) is 25.1 Å². The fraction of sp³-hybridized carbons (Fsp3) is 0.222. The second-order valence-corrected chi connectivity index (χ2v) is 9.44. The van der Waals surface area contributed by atoms with E-state index in [0.29, 0.717) is 22.0 Å². The minimum atomic E-state index is -5.17. The molecule has 1 saturated heterocycles. The molecule has 218 valence electrons. The van der Waals surface area contributed by atoms with Crippen LogP contribution in [0.5, 0.6) is 5.75 Å². The maximum atomic E-state index is 14.6. The van der Waals surface area contributed by atoms with E-state index in [1.165, 1.54) is 17.1 Å². The van der Waals surface area contributed by atoms with Crippen LogP contribution in [-0.2, 0) is 16.1 Å². The van der Waals surface area contributed by atoms with Crippen molar-refractivity contribution in [2.24, 2.45) is 5.73 Å². The number of hydrogen-bond donors (Lipinski definition) is 2. The second-order valence-electron chi connectivity index (χ2n) is 9.44. The number of hydrogen-bond acceptors (Lipinski definition) is 6. The zero-order valence-corrected chi connectivity index (χ0v) is 21.4. The largest absolute Gasteiger partial charge is 0.573 e. The van der Waals surface area contributed by atoms with E-state index in [1.54, 1.807) is 30.6 Å². The Kier molecular flexibility index (Phi) is 7.49. The Labute approximate surface area is 233 Å². The first-order valence-corrected chi connectivity index (χ1v) is 12.4. The molecule has 2 atom stereocenters. The van der Waals surface area contributed by atoms with Gasteiger partial charge < -0.3 is 25.3 Å². The molecule has 2 aromatic heterocycles. The van der Waals surface area contributed by atoms with Crippen LogP contribution in [0.1, 0.15) is 16.8 Å². The van der Waals surface area contributed by atoms with E-state index >= 15 is 0 Å². The molecule has 1 aliphatic rings. The van der Waals surface area contributed by atoms with Crippen LogP contribution in [0.15, 0.2) is 61.3 Å². The lowest BCUT2D eigenvalue weighted by molar-refractivity contribution is -0.275. The monoisotopic (exact) mass is 588 g/mol. The van der Waals surface area contributed by atoms with Crippen molar-refractivity contribution >= 4 is 34.3 Å². The number of carbonyl (C=O) groups excluding carboxylic acids is 3. The number of fused-ring (bicyclic) bond motifs is 1. The van der Waals surface area contributed by atoms with Gasteiger partial charge in [-0.3, -0.25) is 14.4 Å². The van der Waals surface area contributed by atoms with Crippen molar-refractivity contribution in [3.8, 4) is 16.9 Å². The van der Waals surface area contributed by atoms with Gasteiger partial charge in [0.2, 0.25) is 11.8 Å². The first kappa shape index (κ1) is 28.4. The number of amides is 3. The summed E-state index contributed by atoms with van der Waals surface area (Å²) in [4.78, 5) is 47.4. The Bertz CT molecular complexity index is 1680. The molecule has 10 nitrogen and oxygen atoms in total. The molecule has 42 heavy (non-hydrogen) atoms. The van der Waals surface area contributed by atoms with E-state index in [0.717, 1.165) is 23.1 Å². The van der Waals surface area contributed by atoms with Gasteiger partial charge >= 0.3 is 6.36 Å². The van der Waals surface area contributed by atoms with Crippen molar-refractivity contribution < 1.29 is 41.1 Å². The van der Waals surface area contributed by atoms with E-state index in [-0.39, 0.29) is 5.56 Å². The maximum Gasteiger partial charge on any atom is 0.573 e. The molecule has 2 aromatic carbocycles. The molecule has 1 aliphatic heterocycles. The molecule has 0 saturated carbocycles. The summed E-state index contributed by atoms with van der Waals surface area (Å²) in [7, 11) is 0. The van der Waals surface area contributed by atoms with Crippen molar-refractivity contribution in [2.75, 3.05) is 11.9 Å². The minimum absolute atomic E-state index is 0.118. The first-order chi connectivity index (χ1) is 19.9. The summed E-state index contributed by atoms with van der Waals surface area (Å²) in [6.45, 7) is -0.853. The van der Waals surface area contributed by atoms with Gasteiger partial charge in [0.15, 0.2) is 11.6 Å². The van der Waals surface area contributed by atoms with E-state index in [9.17, 15) is 36.3 Å². The fourth-order valence-electron chi connectivity index (χ4n) is 4.82. The summed E-state index contributed by atoms with van der Waals surface area (Å²) in [5, 5.41) is 2.56. The topological polar surface area (TPSA) is 132 Å². The molecule has 0 aliphatic carbocycles. The highest BCUT2D eigenvalue weighted by Crippen LogP contribution is 2.31. The summed E-state index contributed by atoms with van der Waals surface area (Å²) < 4.78 is 71.8. The molecule has 0 unspecified atom stereocenters. The highest BCUT2D eigenvalue weighted by molar-refractivity contribution is 6.07. The van der Waals surface area contributed by atoms with Crippen LogP contribution < -0.4 is 15.8 Å². The number of halogens is 5. The average molecular weight is 588 g/mol. The smallest absolute Gasteiger partial charge is 0.403 e. The summed E-state index contributed by atoms with van der Waals surface area (Å²) >= 11 is 0. The molecule has 3 heterocycles. The van der Waals surface area contributed by atoms with Gasteiger partial charge in [0.05, 0.1) is 17.8 Å². The number of likely N-dealkylation sites (tertiary alicyclic amines) is 1. The van der Waals surface area contributed by atoms with E-state index in [4.69, 9.17) is 5.73 Å². The number of nitrogens with zero attached hydrogens (tertiary/aromatic N) is 4. The van der Waals surface area contributed by atoms with Gasteiger partial charge in [-0.15, -0.1) is 13.2 Å². The van der Waals surface area contributed by atoms with Crippen molar-refractivity contribution in [3.63, 3.8) is 0 Å². The lowest BCUT2D eigenvalue weighted by Gasteiger charge is -2.24. The Hall–Kier alpha value is -5.08. The number of primary amides is 1. The summed E-state index contributed by atoms with van der Waals surface area (Å²) in [6.07, 6.45) is -1.29. The number of anilines is 1. The molecular weight excluding hydrogens is 567 g/mol. The van der Waals surface area contributed by atoms with Gasteiger partial charge in [0, 0.05) is 41.5 Å². The van der Waals surface area contributed by atoms with Gasteiger partial charge in [-0.25, -0.2) is 18.7 Å². The van der Waals surface area contributed by atoms with Crippen LogP contribution in [0, 0.1) is 5.82 Å². The van der Waals surface area contributed by atoms with Crippen molar-refractivity contribution in [2.45, 2.75) is 31.5 Å². The fourth-order valence-corrected chi connectivity index (χ4v) is 4.82. The summed E-state index contributed by atoms with van der Waals surface area (Å²) in [5.41, 5.74) is 6.86.